The summed E-state index contributed by atoms with van der Waals surface area (Å²) in [7, 11) is 0. The highest BCUT2D eigenvalue weighted by molar-refractivity contribution is 6.30. The van der Waals surface area contributed by atoms with E-state index >= 15 is 0 Å². The van der Waals surface area contributed by atoms with Gasteiger partial charge in [-0.15, -0.1) is 4.80 Å². The van der Waals surface area contributed by atoms with Crippen LogP contribution in [0.1, 0.15) is 17.3 Å². The first-order valence-electron chi connectivity index (χ1n) is 6.06. The standard InChI is InChI=1S/C14H9ClF2N4/c15-10-3-1-9(2-4-10)14(17)13-11(16)7-18-8-12(13)21-19-5-6-20-21/h1-8,14H. The van der Waals surface area contributed by atoms with Crippen LogP contribution >= 0.6 is 11.6 Å². The van der Waals surface area contributed by atoms with Gasteiger partial charge in [0.15, 0.2) is 6.17 Å². The van der Waals surface area contributed by atoms with E-state index in [4.69, 9.17) is 11.6 Å². The molecule has 0 aliphatic rings. The minimum Gasteiger partial charge on any atom is -0.259 e. The molecule has 7 heteroatoms. The van der Waals surface area contributed by atoms with Crippen LogP contribution in [0.25, 0.3) is 5.69 Å². The van der Waals surface area contributed by atoms with E-state index in [1.165, 1.54) is 30.7 Å². The SMILES string of the molecule is Fc1cncc(-n2nccn2)c1C(F)c1ccc(Cl)cc1. The molecule has 4 nitrogen and oxygen atoms in total. The molecule has 0 saturated carbocycles. The average molecular weight is 307 g/mol. The highest BCUT2D eigenvalue weighted by Gasteiger charge is 2.23. The second kappa shape index (κ2) is 5.57. The van der Waals surface area contributed by atoms with Crippen LogP contribution in [0.5, 0.6) is 0 Å². The van der Waals surface area contributed by atoms with Gasteiger partial charge in [-0.25, -0.2) is 8.78 Å². The minimum absolute atomic E-state index is 0.155. The fourth-order valence-corrected chi connectivity index (χ4v) is 2.11. The van der Waals surface area contributed by atoms with Crippen LogP contribution < -0.4 is 0 Å². The Bertz CT molecular complexity index is 744. The van der Waals surface area contributed by atoms with Crippen LogP contribution in [0, 0.1) is 5.82 Å². The maximum absolute atomic E-state index is 14.7. The van der Waals surface area contributed by atoms with E-state index in [9.17, 15) is 8.78 Å². The smallest absolute Gasteiger partial charge is 0.155 e. The van der Waals surface area contributed by atoms with Crippen LogP contribution in [0.2, 0.25) is 5.02 Å². The third-order valence-electron chi connectivity index (χ3n) is 2.97. The highest BCUT2D eigenvalue weighted by Crippen LogP contribution is 2.32. The largest absolute Gasteiger partial charge is 0.259 e. The third-order valence-corrected chi connectivity index (χ3v) is 3.22. The number of rotatable bonds is 3. The number of hydrogen-bond acceptors (Lipinski definition) is 3. The van der Waals surface area contributed by atoms with Gasteiger partial charge in [0.2, 0.25) is 0 Å². The molecule has 0 bridgehead atoms. The Kier molecular flexibility index (Phi) is 3.62. The summed E-state index contributed by atoms with van der Waals surface area (Å²) in [6.45, 7) is 0. The molecule has 3 aromatic rings. The van der Waals surface area contributed by atoms with Gasteiger partial charge in [0, 0.05) is 5.02 Å². The molecule has 21 heavy (non-hydrogen) atoms. The first kappa shape index (κ1) is 13.6. The van der Waals surface area contributed by atoms with E-state index in [2.05, 4.69) is 15.2 Å². The number of hydrogen-bond donors (Lipinski definition) is 0. The van der Waals surface area contributed by atoms with Crippen molar-refractivity contribution < 1.29 is 8.78 Å². The molecule has 0 radical (unpaired) electrons. The van der Waals surface area contributed by atoms with Crippen LogP contribution in [0.4, 0.5) is 8.78 Å². The number of alkyl halides is 1. The van der Waals surface area contributed by atoms with Gasteiger partial charge < -0.3 is 0 Å². The van der Waals surface area contributed by atoms with Crippen molar-refractivity contribution in [1.29, 1.82) is 0 Å². The Morgan fingerprint density at radius 3 is 2.38 bits per heavy atom. The number of halogens is 3. The lowest BCUT2D eigenvalue weighted by Crippen LogP contribution is -2.09. The van der Waals surface area contributed by atoms with E-state index in [-0.39, 0.29) is 16.8 Å². The second-order valence-electron chi connectivity index (χ2n) is 4.29. The first-order chi connectivity index (χ1) is 10.2. The quantitative estimate of drug-likeness (QED) is 0.743. The lowest BCUT2D eigenvalue weighted by atomic mass is 10.0. The Morgan fingerprint density at radius 2 is 1.71 bits per heavy atom. The molecule has 2 aromatic heterocycles. The summed E-state index contributed by atoms with van der Waals surface area (Å²) in [6.07, 6.45) is 3.45. The Labute approximate surface area is 124 Å². The molecule has 0 fully saturated rings. The molecule has 1 atom stereocenters. The maximum Gasteiger partial charge on any atom is 0.155 e. The van der Waals surface area contributed by atoms with Crippen LogP contribution in [0.15, 0.2) is 49.1 Å². The molecule has 1 aromatic carbocycles. The lowest BCUT2D eigenvalue weighted by molar-refractivity contribution is 0.384. The van der Waals surface area contributed by atoms with Crippen molar-refractivity contribution in [2.75, 3.05) is 0 Å². The Balaban J connectivity index is 2.11. The molecule has 0 spiro atoms. The Hall–Kier alpha value is -2.34. The lowest BCUT2D eigenvalue weighted by Gasteiger charge is -2.14. The van der Waals surface area contributed by atoms with Crippen molar-refractivity contribution in [2.24, 2.45) is 0 Å². The van der Waals surface area contributed by atoms with E-state index in [0.29, 0.717) is 5.02 Å². The monoisotopic (exact) mass is 306 g/mol. The normalized spacial score (nSPS) is 12.3. The van der Waals surface area contributed by atoms with Gasteiger partial charge in [-0.1, -0.05) is 23.7 Å². The highest BCUT2D eigenvalue weighted by atomic mass is 35.5. The molecule has 0 aliphatic carbocycles. The van der Waals surface area contributed by atoms with Gasteiger partial charge in [0.1, 0.15) is 11.5 Å². The molecule has 2 heterocycles. The molecule has 3 rings (SSSR count). The summed E-state index contributed by atoms with van der Waals surface area (Å²) < 4.78 is 28.8. The van der Waals surface area contributed by atoms with Crippen molar-refractivity contribution in [3.05, 3.63) is 71.0 Å². The van der Waals surface area contributed by atoms with Crippen molar-refractivity contribution >= 4 is 11.6 Å². The van der Waals surface area contributed by atoms with Crippen molar-refractivity contribution in [2.45, 2.75) is 6.17 Å². The summed E-state index contributed by atoms with van der Waals surface area (Å²) in [5.41, 5.74) is 0.281. The van der Waals surface area contributed by atoms with Gasteiger partial charge in [-0.05, 0) is 17.7 Å². The molecule has 1 unspecified atom stereocenters. The van der Waals surface area contributed by atoms with Gasteiger partial charge in [0.25, 0.3) is 0 Å². The number of nitrogens with zero attached hydrogens (tertiary/aromatic N) is 4. The van der Waals surface area contributed by atoms with E-state index in [0.717, 1.165) is 11.0 Å². The number of benzene rings is 1. The predicted molar refractivity (Wildman–Crippen MR) is 73.5 cm³/mol. The van der Waals surface area contributed by atoms with Crippen LogP contribution in [-0.2, 0) is 0 Å². The molecule has 0 saturated heterocycles. The summed E-state index contributed by atoms with van der Waals surface area (Å²) >= 11 is 5.78. The molecule has 0 aliphatic heterocycles. The molecule has 0 N–H and O–H groups in total. The van der Waals surface area contributed by atoms with E-state index in [1.54, 1.807) is 12.1 Å². The zero-order valence-corrected chi connectivity index (χ0v) is 11.4. The predicted octanol–water partition coefficient (Wildman–Crippen LogP) is 3.51. The van der Waals surface area contributed by atoms with Crippen molar-refractivity contribution in [1.82, 2.24) is 20.0 Å². The maximum atomic E-state index is 14.7. The molecular formula is C14H9ClF2N4. The summed E-state index contributed by atoms with van der Waals surface area (Å²) in [5.74, 6) is -0.757. The fourth-order valence-electron chi connectivity index (χ4n) is 1.98. The zero-order chi connectivity index (χ0) is 14.8. The van der Waals surface area contributed by atoms with Gasteiger partial charge in [-0.3, -0.25) is 4.98 Å². The third kappa shape index (κ3) is 2.62. The van der Waals surface area contributed by atoms with Crippen molar-refractivity contribution in [3.63, 3.8) is 0 Å². The number of aromatic nitrogens is 4. The van der Waals surface area contributed by atoms with E-state index in [1.807, 2.05) is 0 Å². The van der Waals surface area contributed by atoms with Gasteiger partial charge >= 0.3 is 0 Å². The average Bonchev–Trinajstić information content (AvgIpc) is 3.01. The van der Waals surface area contributed by atoms with E-state index < -0.39 is 12.0 Å². The summed E-state index contributed by atoms with van der Waals surface area (Å²) in [6, 6.07) is 6.11. The van der Waals surface area contributed by atoms with Crippen LogP contribution in [-0.4, -0.2) is 20.0 Å². The van der Waals surface area contributed by atoms with Gasteiger partial charge in [-0.2, -0.15) is 10.2 Å². The molecular weight excluding hydrogens is 298 g/mol. The van der Waals surface area contributed by atoms with Crippen LogP contribution in [0.3, 0.4) is 0 Å². The Morgan fingerprint density at radius 1 is 1.05 bits per heavy atom. The van der Waals surface area contributed by atoms with Gasteiger partial charge in [0.05, 0.1) is 30.4 Å². The fraction of sp³-hybridized carbons (Fsp3) is 0.0714. The summed E-state index contributed by atoms with van der Waals surface area (Å²) in [4.78, 5) is 4.86. The number of pyridine rings is 1. The molecule has 0 amide bonds. The summed E-state index contributed by atoms with van der Waals surface area (Å²) in [5, 5.41) is 8.26. The molecule has 106 valence electrons. The second-order valence-corrected chi connectivity index (χ2v) is 4.72. The topological polar surface area (TPSA) is 43.6 Å². The minimum atomic E-state index is -1.67. The zero-order valence-electron chi connectivity index (χ0n) is 10.6. The van der Waals surface area contributed by atoms with Crippen molar-refractivity contribution in [3.8, 4) is 5.69 Å². The first-order valence-corrected chi connectivity index (χ1v) is 6.44.